The highest BCUT2D eigenvalue weighted by molar-refractivity contribution is 9.10. The summed E-state index contributed by atoms with van der Waals surface area (Å²) >= 11 is 3.47. The van der Waals surface area contributed by atoms with E-state index in [-0.39, 0.29) is 5.54 Å². The lowest BCUT2D eigenvalue weighted by Crippen LogP contribution is -2.33. The highest BCUT2D eigenvalue weighted by atomic mass is 79.9. The van der Waals surface area contributed by atoms with Gasteiger partial charge in [-0.2, -0.15) is 4.98 Å². The first kappa shape index (κ1) is 12.3. The lowest BCUT2D eigenvalue weighted by atomic mass is 10.1. The molecule has 5 heteroatoms. The first-order valence-corrected chi connectivity index (χ1v) is 6.12. The second kappa shape index (κ2) is 4.58. The molecule has 0 fully saturated rings. The molecule has 0 spiro atoms. The lowest BCUT2D eigenvalue weighted by Gasteiger charge is -2.17. The molecule has 17 heavy (non-hydrogen) atoms. The van der Waals surface area contributed by atoms with Gasteiger partial charge in [0.25, 0.3) is 0 Å². The van der Waals surface area contributed by atoms with Gasteiger partial charge >= 0.3 is 0 Å². The van der Waals surface area contributed by atoms with Crippen molar-refractivity contribution in [2.24, 2.45) is 0 Å². The average Bonchev–Trinajstić information content (AvgIpc) is 2.79. The molecule has 0 unspecified atom stereocenters. The van der Waals surface area contributed by atoms with E-state index in [0.29, 0.717) is 11.7 Å². The molecule has 0 aliphatic rings. The molecular weight excluding hydrogens is 282 g/mol. The third-order valence-electron chi connectivity index (χ3n) is 2.70. The van der Waals surface area contributed by atoms with Gasteiger partial charge in [-0.05, 0) is 33.0 Å². The molecule has 1 aromatic heterocycles. The molecule has 0 bridgehead atoms. The standard InChI is InChI=1S/C12H14BrN3O/c1-12(2,14-3)11-15-10(16-17-11)8-6-4-5-7-9(8)13/h4-7,14H,1-3H3. The summed E-state index contributed by atoms with van der Waals surface area (Å²) in [5.74, 6) is 1.17. The van der Waals surface area contributed by atoms with Gasteiger partial charge in [-0.1, -0.05) is 33.2 Å². The zero-order valence-electron chi connectivity index (χ0n) is 9.99. The average molecular weight is 296 g/mol. The Morgan fingerprint density at radius 2 is 2.00 bits per heavy atom. The molecule has 0 aliphatic carbocycles. The van der Waals surface area contributed by atoms with Crippen LogP contribution in [0.1, 0.15) is 19.7 Å². The number of benzene rings is 1. The van der Waals surface area contributed by atoms with Crippen LogP contribution in [0.25, 0.3) is 11.4 Å². The van der Waals surface area contributed by atoms with Gasteiger partial charge in [0.05, 0.1) is 5.54 Å². The Kier molecular flexibility index (Phi) is 3.31. The monoisotopic (exact) mass is 295 g/mol. The van der Waals surface area contributed by atoms with Gasteiger partial charge < -0.3 is 9.84 Å². The Morgan fingerprint density at radius 1 is 1.29 bits per heavy atom. The predicted octanol–water partition coefficient (Wildman–Crippen LogP) is 2.95. The number of aromatic nitrogens is 2. The molecular formula is C12H14BrN3O. The van der Waals surface area contributed by atoms with Gasteiger partial charge in [0.15, 0.2) is 0 Å². The maximum absolute atomic E-state index is 5.29. The number of halogens is 1. The molecule has 0 atom stereocenters. The van der Waals surface area contributed by atoms with Crippen LogP contribution >= 0.6 is 15.9 Å². The Morgan fingerprint density at radius 3 is 2.65 bits per heavy atom. The molecule has 2 rings (SSSR count). The molecule has 0 aliphatic heterocycles. The molecule has 2 aromatic rings. The smallest absolute Gasteiger partial charge is 0.246 e. The summed E-state index contributed by atoms with van der Waals surface area (Å²) in [6.45, 7) is 3.98. The number of nitrogens with one attached hydrogen (secondary N) is 1. The molecule has 0 saturated heterocycles. The van der Waals surface area contributed by atoms with E-state index in [2.05, 4.69) is 31.4 Å². The Balaban J connectivity index is 2.40. The summed E-state index contributed by atoms with van der Waals surface area (Å²) in [5.41, 5.74) is 0.598. The molecule has 1 N–H and O–H groups in total. The summed E-state index contributed by atoms with van der Waals surface area (Å²) in [6, 6.07) is 7.80. The molecule has 4 nitrogen and oxygen atoms in total. The van der Waals surface area contributed by atoms with Crippen molar-refractivity contribution < 1.29 is 4.52 Å². The van der Waals surface area contributed by atoms with E-state index >= 15 is 0 Å². The highest BCUT2D eigenvalue weighted by Crippen LogP contribution is 2.27. The summed E-state index contributed by atoms with van der Waals surface area (Å²) in [5, 5.41) is 7.13. The van der Waals surface area contributed by atoms with E-state index in [1.54, 1.807) is 0 Å². The predicted molar refractivity (Wildman–Crippen MR) is 69.5 cm³/mol. The van der Waals surface area contributed by atoms with Gasteiger partial charge in [-0.15, -0.1) is 0 Å². The highest BCUT2D eigenvalue weighted by Gasteiger charge is 2.25. The minimum atomic E-state index is -0.327. The van der Waals surface area contributed by atoms with Crippen molar-refractivity contribution >= 4 is 15.9 Å². The minimum Gasteiger partial charge on any atom is -0.337 e. The first-order valence-electron chi connectivity index (χ1n) is 5.32. The van der Waals surface area contributed by atoms with Crippen molar-refractivity contribution in [3.8, 4) is 11.4 Å². The van der Waals surface area contributed by atoms with E-state index in [9.17, 15) is 0 Å². The van der Waals surface area contributed by atoms with Gasteiger partial charge in [-0.3, -0.25) is 0 Å². The maximum atomic E-state index is 5.29. The third-order valence-corrected chi connectivity index (χ3v) is 3.39. The van der Waals surface area contributed by atoms with Crippen LogP contribution in [0, 0.1) is 0 Å². The van der Waals surface area contributed by atoms with E-state index in [4.69, 9.17) is 4.52 Å². The number of hydrogen-bond donors (Lipinski definition) is 1. The summed E-state index contributed by atoms with van der Waals surface area (Å²) < 4.78 is 6.24. The van der Waals surface area contributed by atoms with Crippen molar-refractivity contribution in [1.29, 1.82) is 0 Å². The SMILES string of the molecule is CNC(C)(C)c1nc(-c2ccccc2Br)no1. The first-order chi connectivity index (χ1) is 8.04. The number of rotatable bonds is 3. The van der Waals surface area contributed by atoms with Crippen molar-refractivity contribution in [1.82, 2.24) is 15.5 Å². The molecule has 90 valence electrons. The maximum Gasteiger partial charge on any atom is 0.246 e. The Labute approximate surface area is 109 Å². The van der Waals surface area contributed by atoms with E-state index in [1.807, 2.05) is 45.2 Å². The second-order valence-electron chi connectivity index (χ2n) is 4.28. The zero-order chi connectivity index (χ0) is 12.5. The van der Waals surface area contributed by atoms with Crippen LogP contribution in [0.15, 0.2) is 33.3 Å². The van der Waals surface area contributed by atoms with Crippen LogP contribution in [0.3, 0.4) is 0 Å². The van der Waals surface area contributed by atoms with Crippen molar-refractivity contribution in [3.05, 3.63) is 34.6 Å². The quantitative estimate of drug-likeness (QED) is 0.946. The van der Waals surface area contributed by atoms with Gasteiger partial charge in [-0.25, -0.2) is 0 Å². The van der Waals surface area contributed by atoms with Gasteiger partial charge in [0.1, 0.15) is 0 Å². The Hall–Kier alpha value is -1.20. The summed E-state index contributed by atoms with van der Waals surface area (Å²) in [7, 11) is 1.86. The van der Waals surface area contributed by atoms with Crippen LogP contribution in [0.4, 0.5) is 0 Å². The second-order valence-corrected chi connectivity index (χ2v) is 5.13. The molecule has 1 aromatic carbocycles. The van der Waals surface area contributed by atoms with Crippen LogP contribution in [0.2, 0.25) is 0 Å². The van der Waals surface area contributed by atoms with Crippen molar-refractivity contribution in [2.75, 3.05) is 7.05 Å². The van der Waals surface area contributed by atoms with E-state index in [1.165, 1.54) is 0 Å². The number of nitrogens with zero attached hydrogens (tertiary/aromatic N) is 2. The molecule has 0 saturated carbocycles. The molecule has 0 amide bonds. The van der Waals surface area contributed by atoms with Crippen molar-refractivity contribution in [2.45, 2.75) is 19.4 Å². The van der Waals surface area contributed by atoms with Gasteiger partial charge in [0, 0.05) is 10.0 Å². The van der Waals surface area contributed by atoms with Crippen LogP contribution in [-0.4, -0.2) is 17.2 Å². The fraction of sp³-hybridized carbons (Fsp3) is 0.333. The molecule has 0 radical (unpaired) electrons. The largest absolute Gasteiger partial charge is 0.337 e. The fourth-order valence-corrected chi connectivity index (χ4v) is 1.80. The third kappa shape index (κ3) is 2.40. The van der Waals surface area contributed by atoms with E-state index in [0.717, 1.165) is 10.0 Å². The summed E-state index contributed by atoms with van der Waals surface area (Å²) in [4.78, 5) is 4.41. The van der Waals surface area contributed by atoms with E-state index < -0.39 is 0 Å². The molecule has 1 heterocycles. The fourth-order valence-electron chi connectivity index (χ4n) is 1.34. The summed E-state index contributed by atoms with van der Waals surface area (Å²) in [6.07, 6.45) is 0. The van der Waals surface area contributed by atoms with Crippen molar-refractivity contribution in [3.63, 3.8) is 0 Å². The van der Waals surface area contributed by atoms with Crippen LogP contribution in [0.5, 0.6) is 0 Å². The van der Waals surface area contributed by atoms with Crippen LogP contribution < -0.4 is 5.32 Å². The number of hydrogen-bond acceptors (Lipinski definition) is 4. The Bertz CT molecular complexity index is 522. The van der Waals surface area contributed by atoms with Gasteiger partial charge in [0.2, 0.25) is 11.7 Å². The topological polar surface area (TPSA) is 51.0 Å². The zero-order valence-corrected chi connectivity index (χ0v) is 11.6. The van der Waals surface area contributed by atoms with Crippen LogP contribution in [-0.2, 0) is 5.54 Å². The lowest BCUT2D eigenvalue weighted by molar-refractivity contribution is 0.281. The minimum absolute atomic E-state index is 0.327. The normalized spacial score (nSPS) is 11.8.